The first-order chi connectivity index (χ1) is 13.0. The van der Waals surface area contributed by atoms with Gasteiger partial charge in [0.05, 0.1) is 18.5 Å². The highest BCUT2D eigenvalue weighted by Gasteiger charge is 2.28. The van der Waals surface area contributed by atoms with E-state index in [0.717, 1.165) is 34.8 Å². The Balaban J connectivity index is 2.13. The van der Waals surface area contributed by atoms with Crippen LogP contribution in [-0.2, 0) is 16.1 Å². The van der Waals surface area contributed by atoms with E-state index in [1.54, 1.807) is 15.9 Å². The second-order valence-corrected chi connectivity index (χ2v) is 8.44. The molecular weight excluding hydrogens is 362 g/mol. The number of likely N-dealkylation sites (tertiary alicyclic amines) is 1. The van der Waals surface area contributed by atoms with Crippen LogP contribution in [0.1, 0.15) is 61.8 Å². The fourth-order valence-electron chi connectivity index (χ4n) is 3.68. The zero-order valence-corrected chi connectivity index (χ0v) is 17.5. The van der Waals surface area contributed by atoms with Gasteiger partial charge in [0.1, 0.15) is 16.7 Å². The van der Waals surface area contributed by atoms with Gasteiger partial charge in [0.25, 0.3) is 5.56 Å². The number of esters is 1. The third kappa shape index (κ3) is 3.94. The fraction of sp³-hybridized carbons (Fsp3) is 0.650. The summed E-state index contributed by atoms with van der Waals surface area (Å²) in [4.78, 5) is 35.1. The van der Waals surface area contributed by atoms with Crippen molar-refractivity contribution in [2.45, 2.75) is 66.0 Å². The van der Waals surface area contributed by atoms with Crippen molar-refractivity contribution < 1.29 is 9.53 Å². The number of aryl methyl sites for hydroxylation is 2. The molecule has 0 aromatic carbocycles. The van der Waals surface area contributed by atoms with Gasteiger partial charge in [-0.3, -0.25) is 14.3 Å². The minimum atomic E-state index is -0.627. The lowest BCUT2D eigenvalue weighted by Gasteiger charge is -2.23. The second kappa shape index (κ2) is 8.52. The van der Waals surface area contributed by atoms with Crippen molar-refractivity contribution in [1.29, 1.82) is 0 Å². The van der Waals surface area contributed by atoms with Crippen LogP contribution in [0, 0.1) is 13.8 Å². The maximum absolute atomic E-state index is 13.4. The zero-order valence-electron chi connectivity index (χ0n) is 16.7. The summed E-state index contributed by atoms with van der Waals surface area (Å²) in [6, 6.07) is -0.627. The number of thiophene rings is 1. The SMILES string of the molecule is CCCOC(=O)C(CC)n1c(CN2CCCC2)nc2sc(C)c(C)c2c1=O. The molecule has 0 aliphatic carbocycles. The van der Waals surface area contributed by atoms with Crippen LogP contribution in [-0.4, -0.2) is 40.1 Å². The first kappa shape index (κ1) is 20.0. The van der Waals surface area contributed by atoms with Gasteiger partial charge in [-0.15, -0.1) is 11.3 Å². The van der Waals surface area contributed by atoms with Crippen molar-refractivity contribution in [2.24, 2.45) is 0 Å². The minimum absolute atomic E-state index is 0.114. The van der Waals surface area contributed by atoms with Gasteiger partial charge in [-0.1, -0.05) is 13.8 Å². The summed E-state index contributed by atoms with van der Waals surface area (Å²) in [6.45, 7) is 10.8. The molecule has 1 saturated heterocycles. The van der Waals surface area contributed by atoms with Crippen molar-refractivity contribution in [1.82, 2.24) is 14.5 Å². The number of carbonyl (C=O) groups excluding carboxylic acids is 1. The first-order valence-corrected chi connectivity index (χ1v) is 10.7. The van der Waals surface area contributed by atoms with Crippen molar-refractivity contribution >= 4 is 27.5 Å². The number of hydrogen-bond donors (Lipinski definition) is 0. The quantitative estimate of drug-likeness (QED) is 0.675. The highest BCUT2D eigenvalue weighted by Crippen LogP contribution is 2.28. The molecule has 0 radical (unpaired) electrons. The van der Waals surface area contributed by atoms with Gasteiger partial charge in [0, 0.05) is 4.88 Å². The topological polar surface area (TPSA) is 64.4 Å². The summed E-state index contributed by atoms with van der Waals surface area (Å²) in [5.74, 6) is 0.339. The molecular formula is C20H29N3O3S. The van der Waals surface area contributed by atoms with E-state index in [1.807, 2.05) is 27.7 Å². The van der Waals surface area contributed by atoms with Gasteiger partial charge in [-0.2, -0.15) is 0 Å². The number of fused-ring (bicyclic) bond motifs is 1. The predicted molar refractivity (Wildman–Crippen MR) is 108 cm³/mol. The molecule has 27 heavy (non-hydrogen) atoms. The Labute approximate surface area is 164 Å². The molecule has 0 saturated carbocycles. The monoisotopic (exact) mass is 391 g/mol. The molecule has 0 spiro atoms. The van der Waals surface area contributed by atoms with Crippen LogP contribution in [0.25, 0.3) is 10.2 Å². The standard InChI is InChI=1S/C20H29N3O3S/c1-5-11-26-20(25)15(6-2)23-16(12-22-9-7-8-10-22)21-18-17(19(23)24)13(3)14(4)27-18/h15H,5-12H2,1-4H3. The van der Waals surface area contributed by atoms with Gasteiger partial charge in [-0.05, 0) is 58.2 Å². The summed E-state index contributed by atoms with van der Waals surface area (Å²) in [5.41, 5.74) is 0.849. The number of hydrogen-bond acceptors (Lipinski definition) is 6. The normalized spacial score (nSPS) is 16.1. The molecule has 6 nitrogen and oxygen atoms in total. The van der Waals surface area contributed by atoms with Crippen LogP contribution >= 0.6 is 11.3 Å². The smallest absolute Gasteiger partial charge is 0.329 e. The Morgan fingerprint density at radius 1 is 1.26 bits per heavy atom. The van der Waals surface area contributed by atoms with E-state index < -0.39 is 6.04 Å². The fourth-order valence-corrected chi connectivity index (χ4v) is 4.71. The lowest BCUT2D eigenvalue weighted by Crippen LogP contribution is -2.36. The summed E-state index contributed by atoms with van der Waals surface area (Å²) in [6.07, 6.45) is 3.60. The number of ether oxygens (including phenoxy) is 1. The molecule has 2 aromatic rings. The third-order valence-corrected chi connectivity index (χ3v) is 6.39. The number of nitrogens with zero attached hydrogens (tertiary/aromatic N) is 3. The van der Waals surface area contributed by atoms with E-state index in [-0.39, 0.29) is 11.5 Å². The number of aromatic nitrogens is 2. The molecule has 148 valence electrons. The lowest BCUT2D eigenvalue weighted by atomic mass is 10.1. The summed E-state index contributed by atoms with van der Waals surface area (Å²) in [7, 11) is 0. The van der Waals surface area contributed by atoms with Crippen molar-refractivity contribution in [3.8, 4) is 0 Å². The molecule has 1 atom stereocenters. The van der Waals surface area contributed by atoms with Gasteiger partial charge in [0.15, 0.2) is 0 Å². The van der Waals surface area contributed by atoms with Crippen molar-refractivity contribution in [2.75, 3.05) is 19.7 Å². The molecule has 1 unspecified atom stereocenters. The molecule has 1 aliphatic rings. The van der Waals surface area contributed by atoms with E-state index in [9.17, 15) is 9.59 Å². The third-order valence-electron chi connectivity index (χ3n) is 5.29. The maximum Gasteiger partial charge on any atom is 0.329 e. The maximum atomic E-state index is 13.4. The molecule has 0 amide bonds. The molecule has 7 heteroatoms. The zero-order chi connectivity index (χ0) is 19.6. The van der Waals surface area contributed by atoms with Gasteiger partial charge in [0.2, 0.25) is 0 Å². The van der Waals surface area contributed by atoms with Crippen molar-refractivity contribution in [3.05, 3.63) is 26.6 Å². The van der Waals surface area contributed by atoms with Gasteiger partial charge in [-0.25, -0.2) is 9.78 Å². The van der Waals surface area contributed by atoms with Crippen LogP contribution < -0.4 is 5.56 Å². The van der Waals surface area contributed by atoms with Crippen molar-refractivity contribution in [3.63, 3.8) is 0 Å². The molecule has 0 bridgehead atoms. The Morgan fingerprint density at radius 3 is 2.59 bits per heavy atom. The Morgan fingerprint density at radius 2 is 1.96 bits per heavy atom. The van der Waals surface area contributed by atoms with E-state index in [4.69, 9.17) is 9.72 Å². The molecule has 2 aromatic heterocycles. The van der Waals surface area contributed by atoms with E-state index in [2.05, 4.69) is 4.90 Å². The predicted octanol–water partition coefficient (Wildman–Crippen LogP) is 3.57. The minimum Gasteiger partial charge on any atom is -0.464 e. The Bertz CT molecular complexity index is 881. The lowest BCUT2D eigenvalue weighted by molar-refractivity contribution is -0.148. The second-order valence-electron chi connectivity index (χ2n) is 7.24. The highest BCUT2D eigenvalue weighted by atomic mass is 32.1. The number of rotatable bonds is 7. The average Bonchev–Trinajstić information content (AvgIpc) is 3.24. The Kier molecular flexibility index (Phi) is 6.32. The molecule has 1 fully saturated rings. The Hall–Kier alpha value is -1.73. The largest absolute Gasteiger partial charge is 0.464 e. The molecule has 0 N–H and O–H groups in total. The molecule has 3 heterocycles. The average molecular weight is 392 g/mol. The molecule has 3 rings (SSSR count). The number of carbonyl (C=O) groups is 1. The van der Waals surface area contributed by atoms with Gasteiger partial charge >= 0.3 is 5.97 Å². The van der Waals surface area contributed by atoms with E-state index in [1.165, 1.54) is 12.8 Å². The summed E-state index contributed by atoms with van der Waals surface area (Å²) >= 11 is 1.56. The highest BCUT2D eigenvalue weighted by molar-refractivity contribution is 7.18. The van der Waals surface area contributed by atoms with Crippen LogP contribution in [0.4, 0.5) is 0 Å². The van der Waals surface area contributed by atoms with Crippen LogP contribution in [0.2, 0.25) is 0 Å². The van der Waals surface area contributed by atoms with Crippen LogP contribution in [0.3, 0.4) is 0 Å². The summed E-state index contributed by atoms with van der Waals surface area (Å²) in [5, 5.41) is 0.643. The van der Waals surface area contributed by atoms with Gasteiger partial charge < -0.3 is 4.74 Å². The van der Waals surface area contributed by atoms with E-state index in [0.29, 0.717) is 30.8 Å². The van der Waals surface area contributed by atoms with E-state index >= 15 is 0 Å². The first-order valence-electron chi connectivity index (χ1n) is 9.88. The molecule has 1 aliphatic heterocycles. The summed E-state index contributed by atoms with van der Waals surface area (Å²) < 4.78 is 7.00. The van der Waals surface area contributed by atoms with Crippen LogP contribution in [0.15, 0.2) is 4.79 Å². The van der Waals surface area contributed by atoms with Crippen LogP contribution in [0.5, 0.6) is 0 Å².